The standard InChI is InChI=1S/C16H16FNO3S/c17-13-4-2-12(3-5-13)14(9-16(20)21)18-15(19)6-1-11-7-8-22-10-11/h2-5,7-8,10,14H,1,6,9H2,(H,18,19)(H,20,21)/t14-/m1/s1. The van der Waals surface area contributed by atoms with Gasteiger partial charge in [-0.3, -0.25) is 9.59 Å². The van der Waals surface area contributed by atoms with Crippen molar-refractivity contribution in [1.29, 1.82) is 0 Å². The summed E-state index contributed by atoms with van der Waals surface area (Å²) in [7, 11) is 0. The molecule has 1 amide bonds. The number of hydrogen-bond donors (Lipinski definition) is 2. The van der Waals surface area contributed by atoms with Gasteiger partial charge in [0.25, 0.3) is 0 Å². The average molecular weight is 321 g/mol. The summed E-state index contributed by atoms with van der Waals surface area (Å²) in [4.78, 5) is 22.9. The van der Waals surface area contributed by atoms with Gasteiger partial charge in [-0.1, -0.05) is 12.1 Å². The summed E-state index contributed by atoms with van der Waals surface area (Å²) in [5.74, 6) is -1.64. The van der Waals surface area contributed by atoms with E-state index >= 15 is 0 Å². The first kappa shape index (κ1) is 16.2. The first-order valence-electron chi connectivity index (χ1n) is 6.82. The van der Waals surface area contributed by atoms with Crippen LogP contribution in [0.4, 0.5) is 4.39 Å². The molecule has 116 valence electrons. The van der Waals surface area contributed by atoms with Crippen molar-refractivity contribution in [3.05, 3.63) is 58.0 Å². The van der Waals surface area contributed by atoms with Crippen LogP contribution in [0.25, 0.3) is 0 Å². The summed E-state index contributed by atoms with van der Waals surface area (Å²) in [6, 6.07) is 6.77. The van der Waals surface area contributed by atoms with Gasteiger partial charge < -0.3 is 10.4 Å². The first-order chi connectivity index (χ1) is 10.5. The van der Waals surface area contributed by atoms with Gasteiger partial charge in [0.15, 0.2) is 0 Å². The van der Waals surface area contributed by atoms with E-state index in [1.54, 1.807) is 11.3 Å². The molecule has 1 aromatic heterocycles. The highest BCUT2D eigenvalue weighted by Gasteiger charge is 2.18. The van der Waals surface area contributed by atoms with E-state index in [4.69, 9.17) is 5.11 Å². The maximum absolute atomic E-state index is 13.0. The molecule has 0 fully saturated rings. The lowest BCUT2D eigenvalue weighted by Gasteiger charge is -2.17. The van der Waals surface area contributed by atoms with Crippen LogP contribution in [0.5, 0.6) is 0 Å². The fourth-order valence-corrected chi connectivity index (χ4v) is 2.78. The van der Waals surface area contributed by atoms with Gasteiger partial charge in [-0.2, -0.15) is 11.3 Å². The molecule has 2 rings (SSSR count). The van der Waals surface area contributed by atoms with E-state index in [0.29, 0.717) is 12.0 Å². The monoisotopic (exact) mass is 321 g/mol. The maximum atomic E-state index is 13.0. The highest BCUT2D eigenvalue weighted by molar-refractivity contribution is 7.07. The quantitative estimate of drug-likeness (QED) is 0.823. The molecule has 0 bridgehead atoms. The summed E-state index contributed by atoms with van der Waals surface area (Å²) in [6.07, 6.45) is 0.655. The minimum absolute atomic E-state index is 0.221. The second kappa shape index (κ2) is 7.70. The molecule has 22 heavy (non-hydrogen) atoms. The van der Waals surface area contributed by atoms with E-state index in [2.05, 4.69) is 5.32 Å². The summed E-state index contributed by atoms with van der Waals surface area (Å²) in [6.45, 7) is 0. The topological polar surface area (TPSA) is 66.4 Å². The van der Waals surface area contributed by atoms with Crippen LogP contribution >= 0.6 is 11.3 Å². The fraction of sp³-hybridized carbons (Fsp3) is 0.250. The van der Waals surface area contributed by atoms with Crippen molar-refractivity contribution in [2.45, 2.75) is 25.3 Å². The third kappa shape index (κ3) is 4.96. The van der Waals surface area contributed by atoms with Crippen LogP contribution in [0.15, 0.2) is 41.1 Å². The fourth-order valence-electron chi connectivity index (χ4n) is 2.08. The van der Waals surface area contributed by atoms with Gasteiger partial charge >= 0.3 is 5.97 Å². The molecular weight excluding hydrogens is 305 g/mol. The van der Waals surface area contributed by atoms with Crippen molar-refractivity contribution in [3.8, 4) is 0 Å². The van der Waals surface area contributed by atoms with E-state index < -0.39 is 17.8 Å². The Labute approximate surface area is 131 Å². The van der Waals surface area contributed by atoms with Crippen molar-refractivity contribution < 1.29 is 19.1 Å². The van der Waals surface area contributed by atoms with Gasteiger partial charge in [-0.05, 0) is 46.5 Å². The molecule has 1 heterocycles. The molecule has 0 saturated heterocycles. The molecule has 0 unspecified atom stereocenters. The van der Waals surface area contributed by atoms with E-state index in [-0.39, 0.29) is 18.7 Å². The van der Waals surface area contributed by atoms with Gasteiger partial charge in [-0.15, -0.1) is 0 Å². The summed E-state index contributed by atoms with van der Waals surface area (Å²) >= 11 is 1.57. The Hall–Kier alpha value is -2.21. The third-order valence-corrected chi connectivity index (χ3v) is 3.94. The number of halogens is 1. The number of amides is 1. The first-order valence-corrected chi connectivity index (χ1v) is 7.76. The van der Waals surface area contributed by atoms with Gasteiger partial charge in [0.1, 0.15) is 5.82 Å². The zero-order valence-corrected chi connectivity index (χ0v) is 12.6. The minimum atomic E-state index is -1.02. The number of carboxylic acids is 1. The summed E-state index contributed by atoms with van der Waals surface area (Å²) in [5, 5.41) is 15.6. The number of aliphatic carboxylic acids is 1. The van der Waals surface area contributed by atoms with Crippen LogP contribution in [-0.2, 0) is 16.0 Å². The van der Waals surface area contributed by atoms with Crippen LogP contribution in [-0.4, -0.2) is 17.0 Å². The Bertz CT molecular complexity index is 625. The van der Waals surface area contributed by atoms with Crippen LogP contribution in [0.2, 0.25) is 0 Å². The van der Waals surface area contributed by atoms with Crippen molar-refractivity contribution in [3.63, 3.8) is 0 Å². The van der Waals surface area contributed by atoms with Crippen LogP contribution in [0.1, 0.15) is 30.0 Å². The number of rotatable bonds is 7. The lowest BCUT2D eigenvalue weighted by molar-refractivity contribution is -0.137. The molecule has 0 aliphatic heterocycles. The van der Waals surface area contributed by atoms with E-state index in [1.165, 1.54) is 24.3 Å². The molecule has 2 aromatic rings. The molecular formula is C16H16FNO3S. The predicted molar refractivity (Wildman–Crippen MR) is 82.2 cm³/mol. The van der Waals surface area contributed by atoms with Gasteiger partial charge in [0, 0.05) is 6.42 Å². The SMILES string of the molecule is O=C(O)C[C@@H](NC(=O)CCc1ccsc1)c1ccc(F)cc1. The van der Waals surface area contributed by atoms with Crippen molar-refractivity contribution in [1.82, 2.24) is 5.32 Å². The maximum Gasteiger partial charge on any atom is 0.305 e. The zero-order chi connectivity index (χ0) is 15.9. The Morgan fingerprint density at radius 3 is 2.55 bits per heavy atom. The normalized spacial score (nSPS) is 11.9. The number of hydrogen-bond acceptors (Lipinski definition) is 3. The molecule has 0 radical (unpaired) electrons. The lowest BCUT2D eigenvalue weighted by atomic mass is 10.0. The number of aryl methyl sites for hydroxylation is 1. The minimum Gasteiger partial charge on any atom is -0.481 e. The molecule has 0 aliphatic carbocycles. The molecule has 6 heteroatoms. The van der Waals surface area contributed by atoms with Crippen molar-refractivity contribution in [2.24, 2.45) is 0 Å². The number of benzene rings is 1. The van der Waals surface area contributed by atoms with E-state index in [1.807, 2.05) is 16.8 Å². The van der Waals surface area contributed by atoms with E-state index in [0.717, 1.165) is 5.56 Å². The highest BCUT2D eigenvalue weighted by Crippen LogP contribution is 2.18. The van der Waals surface area contributed by atoms with Gasteiger partial charge in [0.2, 0.25) is 5.91 Å². The predicted octanol–water partition coefficient (Wildman–Crippen LogP) is 3.15. The summed E-state index contributed by atoms with van der Waals surface area (Å²) < 4.78 is 13.0. The zero-order valence-electron chi connectivity index (χ0n) is 11.8. The molecule has 0 aliphatic rings. The molecule has 1 atom stereocenters. The van der Waals surface area contributed by atoms with Crippen LogP contribution in [0.3, 0.4) is 0 Å². The molecule has 4 nitrogen and oxygen atoms in total. The van der Waals surface area contributed by atoms with Gasteiger partial charge in [-0.25, -0.2) is 4.39 Å². The second-order valence-electron chi connectivity index (χ2n) is 4.90. The molecule has 0 spiro atoms. The Kier molecular flexibility index (Phi) is 5.66. The molecule has 0 saturated carbocycles. The molecule has 2 N–H and O–H groups in total. The van der Waals surface area contributed by atoms with Crippen molar-refractivity contribution >= 4 is 23.2 Å². The van der Waals surface area contributed by atoms with Crippen LogP contribution in [0, 0.1) is 5.82 Å². The number of carbonyl (C=O) groups excluding carboxylic acids is 1. The average Bonchev–Trinajstić information content (AvgIpc) is 2.98. The number of nitrogens with one attached hydrogen (secondary N) is 1. The van der Waals surface area contributed by atoms with Gasteiger partial charge in [0.05, 0.1) is 12.5 Å². The largest absolute Gasteiger partial charge is 0.481 e. The van der Waals surface area contributed by atoms with Crippen LogP contribution < -0.4 is 5.32 Å². The summed E-state index contributed by atoms with van der Waals surface area (Å²) in [5.41, 5.74) is 1.66. The Morgan fingerprint density at radius 1 is 1.23 bits per heavy atom. The number of thiophene rings is 1. The number of carboxylic acid groups (broad SMARTS) is 1. The Balaban J connectivity index is 1.98. The third-order valence-electron chi connectivity index (χ3n) is 3.21. The lowest BCUT2D eigenvalue weighted by Crippen LogP contribution is -2.30. The van der Waals surface area contributed by atoms with E-state index in [9.17, 15) is 14.0 Å². The van der Waals surface area contributed by atoms with Crippen molar-refractivity contribution in [2.75, 3.05) is 0 Å². The highest BCUT2D eigenvalue weighted by atomic mass is 32.1. The smallest absolute Gasteiger partial charge is 0.305 e. The Morgan fingerprint density at radius 2 is 1.95 bits per heavy atom. The number of carbonyl (C=O) groups is 2. The molecule has 1 aromatic carbocycles. The second-order valence-corrected chi connectivity index (χ2v) is 5.68.